The van der Waals surface area contributed by atoms with E-state index in [0.29, 0.717) is 15.7 Å². The van der Waals surface area contributed by atoms with Gasteiger partial charge in [-0.05, 0) is 22.9 Å². The molecule has 19 heavy (non-hydrogen) atoms. The van der Waals surface area contributed by atoms with E-state index in [2.05, 4.69) is 0 Å². The second-order valence-corrected chi connectivity index (χ2v) is 5.40. The van der Waals surface area contributed by atoms with E-state index in [1.165, 1.54) is 0 Å². The highest BCUT2D eigenvalue weighted by atomic mass is 32.1. The Labute approximate surface area is 111 Å². The van der Waals surface area contributed by atoms with Gasteiger partial charge in [-0.25, -0.2) is 4.79 Å². The summed E-state index contributed by atoms with van der Waals surface area (Å²) in [6.07, 6.45) is 0. The van der Waals surface area contributed by atoms with Gasteiger partial charge in [0.25, 0.3) is 0 Å². The number of benzene rings is 3. The maximum absolute atomic E-state index is 11.4. The highest BCUT2D eigenvalue weighted by Crippen LogP contribution is 2.36. The standard InChI is InChI=1S/C15H8O3S/c16-12-7-13-14(18-15(17)19-13)11-6-9-4-2-1-3-8(9)5-10(11)12/h1-7,16H. The predicted octanol–water partition coefficient (Wildman–Crippen LogP) is 3.87. The number of aromatic hydroxyl groups is 1. The summed E-state index contributed by atoms with van der Waals surface area (Å²) in [5, 5.41) is 13.7. The molecule has 1 aromatic heterocycles. The van der Waals surface area contributed by atoms with Crippen molar-refractivity contribution < 1.29 is 9.52 Å². The van der Waals surface area contributed by atoms with Gasteiger partial charge in [-0.15, -0.1) is 0 Å². The molecule has 0 saturated heterocycles. The van der Waals surface area contributed by atoms with Gasteiger partial charge < -0.3 is 9.52 Å². The lowest BCUT2D eigenvalue weighted by Gasteiger charge is -2.04. The molecular formula is C15H8O3S. The summed E-state index contributed by atoms with van der Waals surface area (Å²) in [6.45, 7) is 0. The SMILES string of the molecule is O=c1oc2c(cc(O)c3cc4ccccc4cc32)s1. The molecule has 3 nitrogen and oxygen atoms in total. The zero-order valence-corrected chi connectivity index (χ0v) is 10.5. The molecule has 0 radical (unpaired) electrons. The van der Waals surface area contributed by atoms with Crippen molar-refractivity contribution in [2.75, 3.05) is 0 Å². The molecule has 4 rings (SSSR count). The van der Waals surface area contributed by atoms with Crippen LogP contribution in [-0.2, 0) is 0 Å². The van der Waals surface area contributed by atoms with Crippen LogP contribution < -0.4 is 4.94 Å². The van der Waals surface area contributed by atoms with Gasteiger partial charge in [0.05, 0.1) is 4.70 Å². The topological polar surface area (TPSA) is 50.4 Å². The molecule has 0 aliphatic carbocycles. The van der Waals surface area contributed by atoms with Crippen molar-refractivity contribution in [1.82, 2.24) is 0 Å². The Balaban J connectivity index is 2.33. The fourth-order valence-corrected chi connectivity index (χ4v) is 3.13. The first-order valence-electron chi connectivity index (χ1n) is 5.80. The van der Waals surface area contributed by atoms with Gasteiger partial charge in [0.1, 0.15) is 5.75 Å². The Kier molecular flexibility index (Phi) is 2.00. The summed E-state index contributed by atoms with van der Waals surface area (Å²) in [5.74, 6) is 0.172. The summed E-state index contributed by atoms with van der Waals surface area (Å²) in [5.41, 5.74) is 0.550. The molecular weight excluding hydrogens is 260 g/mol. The van der Waals surface area contributed by atoms with Crippen LogP contribution >= 0.6 is 11.3 Å². The normalized spacial score (nSPS) is 11.6. The van der Waals surface area contributed by atoms with Crippen molar-refractivity contribution in [3.05, 3.63) is 52.2 Å². The van der Waals surface area contributed by atoms with Crippen molar-refractivity contribution in [3.63, 3.8) is 0 Å². The van der Waals surface area contributed by atoms with E-state index in [0.717, 1.165) is 27.5 Å². The Bertz CT molecular complexity index is 995. The second-order valence-electron chi connectivity index (χ2n) is 4.42. The van der Waals surface area contributed by atoms with Gasteiger partial charge in [-0.3, -0.25) is 0 Å². The van der Waals surface area contributed by atoms with E-state index in [4.69, 9.17) is 4.42 Å². The molecule has 0 fully saturated rings. The summed E-state index contributed by atoms with van der Waals surface area (Å²) in [6, 6.07) is 13.3. The molecule has 0 unspecified atom stereocenters. The van der Waals surface area contributed by atoms with Crippen LogP contribution in [0, 0.1) is 0 Å². The molecule has 0 bridgehead atoms. The Morgan fingerprint density at radius 1 is 1.00 bits per heavy atom. The minimum atomic E-state index is -0.352. The Morgan fingerprint density at radius 2 is 1.68 bits per heavy atom. The molecule has 0 aliphatic heterocycles. The van der Waals surface area contributed by atoms with Gasteiger partial charge in [-0.2, -0.15) is 0 Å². The lowest BCUT2D eigenvalue weighted by molar-refractivity contribution is 0.482. The van der Waals surface area contributed by atoms with Gasteiger partial charge in [0.15, 0.2) is 5.58 Å². The lowest BCUT2D eigenvalue weighted by Crippen LogP contribution is -1.81. The highest BCUT2D eigenvalue weighted by Gasteiger charge is 2.12. The number of fused-ring (bicyclic) bond motifs is 4. The van der Waals surface area contributed by atoms with Crippen molar-refractivity contribution in [2.24, 2.45) is 0 Å². The zero-order chi connectivity index (χ0) is 13.0. The smallest absolute Gasteiger partial charge is 0.396 e. The van der Waals surface area contributed by atoms with Crippen LogP contribution in [0.15, 0.2) is 51.7 Å². The maximum atomic E-state index is 11.4. The van der Waals surface area contributed by atoms with Gasteiger partial charge in [-0.1, -0.05) is 35.6 Å². The van der Waals surface area contributed by atoms with E-state index in [9.17, 15) is 9.90 Å². The number of hydrogen-bond donors (Lipinski definition) is 1. The van der Waals surface area contributed by atoms with Crippen molar-refractivity contribution in [3.8, 4) is 5.75 Å². The maximum Gasteiger partial charge on any atom is 0.396 e. The van der Waals surface area contributed by atoms with Crippen LogP contribution in [0.2, 0.25) is 0 Å². The second kappa shape index (κ2) is 3.59. The van der Waals surface area contributed by atoms with Crippen LogP contribution in [0.25, 0.3) is 31.8 Å². The first kappa shape index (κ1) is 10.6. The lowest BCUT2D eigenvalue weighted by atomic mass is 10.0. The minimum absolute atomic E-state index is 0.172. The van der Waals surface area contributed by atoms with E-state index >= 15 is 0 Å². The van der Waals surface area contributed by atoms with E-state index in [1.54, 1.807) is 6.07 Å². The summed E-state index contributed by atoms with van der Waals surface area (Å²) in [4.78, 5) is 11.0. The largest absolute Gasteiger partial charge is 0.507 e. The van der Waals surface area contributed by atoms with Crippen molar-refractivity contribution in [1.29, 1.82) is 0 Å². The van der Waals surface area contributed by atoms with E-state index in [-0.39, 0.29) is 10.7 Å². The van der Waals surface area contributed by atoms with Crippen LogP contribution in [0.3, 0.4) is 0 Å². The molecule has 92 valence electrons. The molecule has 0 spiro atoms. The predicted molar refractivity (Wildman–Crippen MR) is 77.0 cm³/mol. The van der Waals surface area contributed by atoms with Crippen LogP contribution in [0.1, 0.15) is 0 Å². The van der Waals surface area contributed by atoms with E-state index in [1.807, 2.05) is 36.4 Å². The van der Waals surface area contributed by atoms with E-state index < -0.39 is 0 Å². The molecule has 3 aromatic carbocycles. The number of phenolic OH excluding ortho intramolecular Hbond substituents is 1. The molecule has 0 amide bonds. The third-order valence-corrected chi connectivity index (χ3v) is 4.05. The Morgan fingerprint density at radius 3 is 2.42 bits per heavy atom. The quantitative estimate of drug-likeness (QED) is 0.492. The molecule has 4 heteroatoms. The number of phenols is 1. The third-order valence-electron chi connectivity index (χ3n) is 3.28. The summed E-state index contributed by atoms with van der Waals surface area (Å²) in [7, 11) is 0. The molecule has 1 N–H and O–H groups in total. The minimum Gasteiger partial charge on any atom is -0.507 e. The average Bonchev–Trinajstić information content (AvgIpc) is 2.78. The first-order chi connectivity index (χ1) is 9.22. The molecule has 0 atom stereocenters. The molecule has 0 aliphatic rings. The van der Waals surface area contributed by atoms with Gasteiger partial charge in [0.2, 0.25) is 0 Å². The average molecular weight is 268 g/mol. The molecule has 0 saturated carbocycles. The van der Waals surface area contributed by atoms with Crippen LogP contribution in [0.5, 0.6) is 5.75 Å². The van der Waals surface area contributed by atoms with Crippen LogP contribution in [-0.4, -0.2) is 5.11 Å². The monoisotopic (exact) mass is 268 g/mol. The fraction of sp³-hybridized carbons (Fsp3) is 0. The Hall–Kier alpha value is -2.33. The summed E-state index contributed by atoms with van der Waals surface area (Å²) < 4.78 is 5.91. The highest BCUT2D eigenvalue weighted by molar-refractivity contribution is 7.16. The number of hydrogen-bond acceptors (Lipinski definition) is 4. The molecule has 1 heterocycles. The van der Waals surface area contributed by atoms with Gasteiger partial charge >= 0.3 is 4.94 Å². The van der Waals surface area contributed by atoms with Crippen LogP contribution in [0.4, 0.5) is 0 Å². The fourth-order valence-electron chi connectivity index (χ4n) is 2.42. The van der Waals surface area contributed by atoms with Crippen molar-refractivity contribution >= 4 is 43.2 Å². The third kappa shape index (κ3) is 1.47. The molecule has 4 aromatic rings. The van der Waals surface area contributed by atoms with Gasteiger partial charge in [0, 0.05) is 16.8 Å². The number of rotatable bonds is 0. The first-order valence-corrected chi connectivity index (χ1v) is 6.62. The van der Waals surface area contributed by atoms with Crippen molar-refractivity contribution in [2.45, 2.75) is 0 Å². The summed E-state index contributed by atoms with van der Waals surface area (Å²) >= 11 is 1.00. The zero-order valence-electron chi connectivity index (χ0n) is 9.71.